The predicted molar refractivity (Wildman–Crippen MR) is 136 cm³/mol. The number of carbonyl (C=O) groups excluding carboxylic acids is 1. The van der Waals surface area contributed by atoms with Gasteiger partial charge in [-0.1, -0.05) is 31.2 Å². The monoisotopic (exact) mass is 480 g/mol. The number of benzene rings is 3. The highest BCUT2D eigenvalue weighted by Crippen LogP contribution is 2.26. The van der Waals surface area contributed by atoms with Crippen molar-refractivity contribution in [3.8, 4) is 5.75 Å². The van der Waals surface area contributed by atoms with Crippen molar-refractivity contribution in [3.05, 3.63) is 88.0 Å². The summed E-state index contributed by atoms with van der Waals surface area (Å²) in [5.74, 6) is 0.456. The highest BCUT2D eigenvalue weighted by molar-refractivity contribution is 7.92. The molecular formula is C27H32N2O4S. The number of hydrogen-bond donors (Lipinski definition) is 2. The summed E-state index contributed by atoms with van der Waals surface area (Å²) >= 11 is 0. The van der Waals surface area contributed by atoms with Gasteiger partial charge in [0.25, 0.3) is 15.9 Å². The van der Waals surface area contributed by atoms with Gasteiger partial charge in [-0.3, -0.25) is 9.52 Å². The Morgan fingerprint density at radius 3 is 2.21 bits per heavy atom. The Kier molecular flexibility index (Phi) is 7.67. The maximum absolute atomic E-state index is 13.1. The van der Waals surface area contributed by atoms with Crippen molar-refractivity contribution in [2.45, 2.75) is 52.0 Å². The number of rotatable bonds is 8. The quantitative estimate of drug-likeness (QED) is 0.439. The smallest absolute Gasteiger partial charge is 0.262 e. The van der Waals surface area contributed by atoms with Crippen molar-refractivity contribution < 1.29 is 17.9 Å². The summed E-state index contributed by atoms with van der Waals surface area (Å²) in [5, 5.41) is 3.03. The first kappa shape index (κ1) is 25.3. The van der Waals surface area contributed by atoms with Crippen LogP contribution in [0.4, 0.5) is 5.69 Å². The van der Waals surface area contributed by atoms with Crippen molar-refractivity contribution >= 4 is 21.6 Å². The average Bonchev–Trinajstić information content (AvgIpc) is 2.79. The summed E-state index contributed by atoms with van der Waals surface area (Å²) in [7, 11) is -2.25. The minimum atomic E-state index is -3.87. The van der Waals surface area contributed by atoms with Gasteiger partial charge in [0.05, 0.1) is 18.0 Å². The number of ether oxygens (including phenoxy) is 1. The maximum Gasteiger partial charge on any atom is 0.262 e. The zero-order chi connectivity index (χ0) is 25.0. The summed E-state index contributed by atoms with van der Waals surface area (Å²) in [5.41, 5.74) is 5.35. The second-order valence-electron chi connectivity index (χ2n) is 8.55. The highest BCUT2D eigenvalue weighted by Gasteiger charge is 2.21. The van der Waals surface area contributed by atoms with Crippen molar-refractivity contribution in [1.29, 1.82) is 0 Å². The van der Waals surface area contributed by atoms with Gasteiger partial charge >= 0.3 is 0 Å². The lowest BCUT2D eigenvalue weighted by molar-refractivity contribution is 0.0935. The number of sulfonamides is 1. The lowest BCUT2D eigenvalue weighted by Gasteiger charge is -2.19. The van der Waals surface area contributed by atoms with Gasteiger partial charge in [-0.15, -0.1) is 0 Å². The largest absolute Gasteiger partial charge is 0.496 e. The standard InChI is InChI=1S/C27H32N2O4S/c1-7-24(21-11-13-25(33-6)20(5)14-21)28-27(30)22-10-8-18(3)26(16-22)34(31,32)29-23-12-9-17(2)19(4)15-23/h8-16,24,29H,7H2,1-6H3,(H,28,30)/t24-/m1/s1. The van der Waals surface area contributed by atoms with Crippen LogP contribution in [0.3, 0.4) is 0 Å². The van der Waals surface area contributed by atoms with Gasteiger partial charge in [-0.05, 0) is 92.3 Å². The summed E-state index contributed by atoms with van der Waals surface area (Å²) < 4.78 is 34.2. The summed E-state index contributed by atoms with van der Waals surface area (Å²) in [6, 6.07) is 15.7. The molecule has 0 unspecified atom stereocenters. The van der Waals surface area contributed by atoms with Gasteiger partial charge in [0.15, 0.2) is 0 Å². The van der Waals surface area contributed by atoms with Crippen molar-refractivity contribution in [1.82, 2.24) is 5.32 Å². The number of methoxy groups -OCH3 is 1. The van der Waals surface area contributed by atoms with Gasteiger partial charge < -0.3 is 10.1 Å². The normalized spacial score (nSPS) is 12.2. The van der Waals surface area contributed by atoms with Crippen molar-refractivity contribution in [3.63, 3.8) is 0 Å². The molecule has 0 spiro atoms. The average molecular weight is 481 g/mol. The molecule has 3 aromatic carbocycles. The molecule has 0 saturated heterocycles. The van der Waals surface area contributed by atoms with E-state index in [0.717, 1.165) is 28.0 Å². The van der Waals surface area contributed by atoms with E-state index in [1.807, 2.05) is 52.0 Å². The lowest BCUT2D eigenvalue weighted by atomic mass is 10.0. The second-order valence-corrected chi connectivity index (χ2v) is 10.2. The molecule has 1 atom stereocenters. The van der Waals surface area contributed by atoms with E-state index in [4.69, 9.17) is 4.74 Å². The molecule has 0 aliphatic carbocycles. The summed E-state index contributed by atoms with van der Waals surface area (Å²) in [6.07, 6.45) is 0.683. The molecule has 0 aromatic heterocycles. The van der Waals surface area contributed by atoms with Crippen molar-refractivity contribution in [2.24, 2.45) is 0 Å². The molecule has 180 valence electrons. The van der Waals surface area contributed by atoms with E-state index in [0.29, 0.717) is 17.7 Å². The maximum atomic E-state index is 13.1. The number of anilines is 1. The molecule has 0 radical (unpaired) electrons. The Bertz CT molecular complexity index is 1320. The topological polar surface area (TPSA) is 84.5 Å². The minimum absolute atomic E-state index is 0.0757. The highest BCUT2D eigenvalue weighted by atomic mass is 32.2. The first-order valence-corrected chi connectivity index (χ1v) is 12.7. The second kappa shape index (κ2) is 10.3. The molecule has 6 nitrogen and oxygen atoms in total. The fourth-order valence-electron chi connectivity index (χ4n) is 3.83. The molecule has 3 aromatic rings. The Labute approximate surface area is 202 Å². The molecule has 1 amide bonds. The molecule has 7 heteroatoms. The van der Waals surface area contributed by atoms with Crippen LogP contribution < -0.4 is 14.8 Å². The number of hydrogen-bond acceptors (Lipinski definition) is 4. The van der Waals surface area contributed by atoms with Crippen LogP contribution in [0.15, 0.2) is 59.5 Å². The van der Waals surface area contributed by atoms with E-state index < -0.39 is 10.0 Å². The third-order valence-electron chi connectivity index (χ3n) is 6.03. The van der Waals surface area contributed by atoms with Crippen LogP contribution in [0.25, 0.3) is 0 Å². The Morgan fingerprint density at radius 2 is 1.59 bits per heavy atom. The Morgan fingerprint density at radius 1 is 0.882 bits per heavy atom. The summed E-state index contributed by atoms with van der Waals surface area (Å²) in [4.78, 5) is 13.2. The zero-order valence-corrected chi connectivity index (χ0v) is 21.3. The minimum Gasteiger partial charge on any atom is -0.496 e. The van der Waals surface area contributed by atoms with Crippen LogP contribution in [0, 0.1) is 27.7 Å². The fourth-order valence-corrected chi connectivity index (χ4v) is 5.15. The molecule has 0 heterocycles. The number of nitrogens with one attached hydrogen (secondary N) is 2. The number of aryl methyl sites for hydroxylation is 4. The SMILES string of the molecule is CC[C@@H](NC(=O)c1ccc(C)c(S(=O)(=O)Nc2ccc(C)c(C)c2)c1)c1ccc(OC)c(C)c1. The number of amides is 1. The van der Waals surface area contributed by atoms with Crippen molar-refractivity contribution in [2.75, 3.05) is 11.8 Å². The molecule has 0 bridgehead atoms. The van der Waals surface area contributed by atoms with Gasteiger partial charge in [0.2, 0.25) is 0 Å². The van der Waals surface area contributed by atoms with Gasteiger partial charge in [-0.25, -0.2) is 8.42 Å². The molecule has 0 fully saturated rings. The van der Waals surface area contributed by atoms with E-state index >= 15 is 0 Å². The van der Waals surface area contributed by atoms with Crippen LogP contribution in [0.5, 0.6) is 5.75 Å². The van der Waals surface area contributed by atoms with Crippen LogP contribution in [0.1, 0.15) is 57.6 Å². The van der Waals surface area contributed by atoms with Gasteiger partial charge in [0.1, 0.15) is 5.75 Å². The van der Waals surface area contributed by atoms with E-state index in [1.165, 1.54) is 6.07 Å². The van der Waals surface area contributed by atoms with Gasteiger partial charge in [0, 0.05) is 11.3 Å². The van der Waals surface area contributed by atoms with Gasteiger partial charge in [-0.2, -0.15) is 0 Å². The molecule has 2 N–H and O–H groups in total. The van der Waals surface area contributed by atoms with Crippen LogP contribution in [-0.4, -0.2) is 21.4 Å². The summed E-state index contributed by atoms with van der Waals surface area (Å²) in [6.45, 7) is 9.56. The lowest BCUT2D eigenvalue weighted by Crippen LogP contribution is -2.28. The van der Waals surface area contributed by atoms with E-state index in [9.17, 15) is 13.2 Å². The third kappa shape index (κ3) is 5.59. The first-order chi connectivity index (χ1) is 16.1. The molecular weight excluding hydrogens is 448 g/mol. The van der Waals surface area contributed by atoms with E-state index in [2.05, 4.69) is 10.0 Å². The zero-order valence-electron chi connectivity index (χ0n) is 20.5. The predicted octanol–water partition coefficient (Wildman–Crippen LogP) is 5.61. The van der Waals surface area contributed by atoms with E-state index in [1.54, 1.807) is 38.3 Å². The van der Waals surface area contributed by atoms with Crippen LogP contribution in [0.2, 0.25) is 0 Å². The van der Waals surface area contributed by atoms with E-state index in [-0.39, 0.29) is 22.4 Å². The molecule has 0 saturated carbocycles. The van der Waals surface area contributed by atoms with Crippen LogP contribution >= 0.6 is 0 Å². The molecule has 3 rings (SSSR count). The Hall–Kier alpha value is -3.32. The first-order valence-electron chi connectivity index (χ1n) is 11.2. The third-order valence-corrected chi connectivity index (χ3v) is 7.56. The van der Waals surface area contributed by atoms with Crippen LogP contribution in [-0.2, 0) is 10.0 Å². The molecule has 0 aliphatic heterocycles. The molecule has 34 heavy (non-hydrogen) atoms. The molecule has 0 aliphatic rings. The Balaban J connectivity index is 1.86. The fraction of sp³-hybridized carbons (Fsp3) is 0.296. The number of carbonyl (C=O) groups is 1.